The van der Waals surface area contributed by atoms with Gasteiger partial charge < -0.3 is 19.3 Å². The lowest BCUT2D eigenvalue weighted by Crippen LogP contribution is -2.45. The Kier molecular flexibility index (Phi) is 7.95. The number of fused-ring (bicyclic) bond motifs is 1. The molecule has 2 amide bonds. The van der Waals surface area contributed by atoms with Gasteiger partial charge in [-0.2, -0.15) is 0 Å². The Morgan fingerprint density at radius 2 is 1.52 bits per heavy atom. The molecule has 0 bridgehead atoms. The summed E-state index contributed by atoms with van der Waals surface area (Å²) in [5.74, 6) is 0.924. The van der Waals surface area contributed by atoms with E-state index in [4.69, 9.17) is 9.47 Å². The summed E-state index contributed by atoms with van der Waals surface area (Å²) in [7, 11) is 2.95. The van der Waals surface area contributed by atoms with Crippen LogP contribution in [0.2, 0.25) is 0 Å². The van der Waals surface area contributed by atoms with Gasteiger partial charge in [0, 0.05) is 37.8 Å². The molecule has 1 atom stereocenters. The predicted molar refractivity (Wildman–Crippen MR) is 151 cm³/mol. The maximum absolute atomic E-state index is 13.8. The first-order valence-electron chi connectivity index (χ1n) is 13.9. The number of carbonyl (C=O) groups excluding carboxylic acids is 2. The van der Waals surface area contributed by atoms with Gasteiger partial charge in [0.15, 0.2) is 11.5 Å². The molecule has 3 aromatic rings. The van der Waals surface area contributed by atoms with E-state index in [0.29, 0.717) is 47.2 Å². The molecule has 2 aromatic carbocycles. The van der Waals surface area contributed by atoms with Crippen molar-refractivity contribution < 1.29 is 19.1 Å². The summed E-state index contributed by atoms with van der Waals surface area (Å²) in [5.41, 5.74) is 0.509. The third-order valence-electron chi connectivity index (χ3n) is 7.97. The van der Waals surface area contributed by atoms with Crippen molar-refractivity contribution in [3.63, 3.8) is 0 Å². The third kappa shape index (κ3) is 5.35. The van der Waals surface area contributed by atoms with E-state index in [1.807, 2.05) is 4.90 Å². The minimum atomic E-state index is -0.583. The number of amides is 2. The van der Waals surface area contributed by atoms with Crippen LogP contribution in [0.5, 0.6) is 11.5 Å². The normalized spacial score (nSPS) is 17.3. The minimum absolute atomic E-state index is 0.00489. The average Bonchev–Trinajstić information content (AvgIpc) is 3.52. The molecule has 212 valence electrons. The van der Waals surface area contributed by atoms with Gasteiger partial charge >= 0.3 is 5.69 Å². The fourth-order valence-electron chi connectivity index (χ4n) is 5.73. The first-order chi connectivity index (χ1) is 19.3. The Balaban J connectivity index is 1.54. The zero-order chi connectivity index (χ0) is 28.4. The van der Waals surface area contributed by atoms with Crippen molar-refractivity contribution in [3.8, 4) is 11.5 Å². The Morgan fingerprint density at radius 1 is 0.875 bits per heavy atom. The first-order valence-corrected chi connectivity index (χ1v) is 13.9. The van der Waals surface area contributed by atoms with E-state index in [1.54, 1.807) is 41.3 Å². The van der Waals surface area contributed by atoms with Crippen molar-refractivity contribution in [2.45, 2.75) is 45.7 Å². The van der Waals surface area contributed by atoms with Crippen LogP contribution < -0.4 is 20.7 Å². The summed E-state index contributed by atoms with van der Waals surface area (Å²) in [6.45, 7) is 4.73. The van der Waals surface area contributed by atoms with Gasteiger partial charge in [0.25, 0.3) is 11.5 Å². The molecule has 2 aliphatic heterocycles. The maximum Gasteiger partial charge on any atom is 0.332 e. The van der Waals surface area contributed by atoms with E-state index < -0.39 is 11.2 Å². The monoisotopic (exact) mass is 548 g/mol. The maximum atomic E-state index is 13.8. The highest BCUT2D eigenvalue weighted by atomic mass is 16.5. The molecule has 10 nitrogen and oxygen atoms in total. The fourth-order valence-corrected chi connectivity index (χ4v) is 5.73. The van der Waals surface area contributed by atoms with Crippen molar-refractivity contribution >= 4 is 22.7 Å². The number of rotatable bonds is 7. The quantitative estimate of drug-likeness (QED) is 0.450. The highest BCUT2D eigenvalue weighted by Crippen LogP contribution is 2.30. The van der Waals surface area contributed by atoms with E-state index in [9.17, 15) is 19.2 Å². The van der Waals surface area contributed by atoms with Crippen LogP contribution in [-0.2, 0) is 17.9 Å². The summed E-state index contributed by atoms with van der Waals surface area (Å²) < 4.78 is 13.3. The number of hydrogen-bond acceptors (Lipinski definition) is 6. The van der Waals surface area contributed by atoms with Gasteiger partial charge in [0.05, 0.1) is 31.7 Å². The number of hydrogen-bond donors (Lipinski definition) is 0. The molecule has 0 radical (unpaired) electrons. The van der Waals surface area contributed by atoms with Crippen LogP contribution in [-0.4, -0.2) is 71.1 Å². The van der Waals surface area contributed by atoms with E-state index in [2.05, 4.69) is 6.92 Å². The van der Waals surface area contributed by atoms with Gasteiger partial charge in [0.2, 0.25) is 5.91 Å². The SMILES string of the molecule is COc1cc2c(=O)n(Cc3ccc(C(=O)N4CCCC4)cc3)c(=O)n(CC(=O)N3CCCC(C)C3)c2cc1OC. The Hall–Kier alpha value is -4.08. The molecule has 0 aliphatic carbocycles. The molecule has 2 aliphatic rings. The smallest absolute Gasteiger partial charge is 0.332 e. The second kappa shape index (κ2) is 11.6. The predicted octanol–water partition coefficient (Wildman–Crippen LogP) is 2.72. The lowest BCUT2D eigenvalue weighted by atomic mass is 10.0. The molecule has 5 rings (SSSR count). The summed E-state index contributed by atoms with van der Waals surface area (Å²) >= 11 is 0. The summed E-state index contributed by atoms with van der Waals surface area (Å²) in [6.07, 6.45) is 4.01. The van der Waals surface area contributed by atoms with Crippen molar-refractivity contribution in [2.24, 2.45) is 5.92 Å². The van der Waals surface area contributed by atoms with Crippen molar-refractivity contribution in [1.82, 2.24) is 18.9 Å². The van der Waals surface area contributed by atoms with Crippen LogP contribution in [0.4, 0.5) is 0 Å². The van der Waals surface area contributed by atoms with Crippen molar-refractivity contribution in [1.29, 1.82) is 0 Å². The molecule has 2 fully saturated rings. The lowest BCUT2D eigenvalue weighted by Gasteiger charge is -2.31. The number of carbonyl (C=O) groups is 2. The van der Waals surface area contributed by atoms with Crippen LogP contribution in [0, 0.1) is 5.92 Å². The molecule has 0 N–H and O–H groups in total. The van der Waals surface area contributed by atoms with Gasteiger partial charge in [-0.25, -0.2) is 4.79 Å². The molecular weight excluding hydrogens is 512 g/mol. The molecule has 10 heteroatoms. The molecule has 0 spiro atoms. The lowest BCUT2D eigenvalue weighted by molar-refractivity contribution is -0.133. The van der Waals surface area contributed by atoms with Crippen LogP contribution in [0.3, 0.4) is 0 Å². The number of piperidine rings is 1. The summed E-state index contributed by atoms with van der Waals surface area (Å²) in [6, 6.07) is 10.1. The average molecular weight is 549 g/mol. The summed E-state index contributed by atoms with van der Waals surface area (Å²) in [4.78, 5) is 57.2. The molecular formula is C30H36N4O6. The fraction of sp³-hybridized carbons (Fsp3) is 0.467. The van der Waals surface area contributed by atoms with Crippen LogP contribution in [0.25, 0.3) is 10.9 Å². The zero-order valence-electron chi connectivity index (χ0n) is 23.4. The molecule has 1 unspecified atom stereocenters. The molecule has 0 saturated carbocycles. The Morgan fingerprint density at radius 3 is 2.17 bits per heavy atom. The van der Waals surface area contributed by atoms with Gasteiger partial charge in [-0.3, -0.25) is 23.5 Å². The zero-order valence-corrected chi connectivity index (χ0v) is 23.4. The van der Waals surface area contributed by atoms with Crippen molar-refractivity contribution in [3.05, 3.63) is 68.4 Å². The standard InChI is InChI=1S/C30H36N4O6/c1-20-7-6-14-32(17-20)27(35)19-33-24-16-26(40-3)25(39-2)15-23(24)29(37)34(30(33)38)18-21-8-10-22(11-9-21)28(36)31-12-4-5-13-31/h8-11,15-16,20H,4-7,12-14,17-19H2,1-3H3. The number of ether oxygens (including phenoxy) is 2. The molecule has 1 aromatic heterocycles. The number of nitrogens with zero attached hydrogens (tertiary/aromatic N) is 4. The molecule has 40 heavy (non-hydrogen) atoms. The molecule has 2 saturated heterocycles. The number of methoxy groups -OCH3 is 2. The molecule has 3 heterocycles. The second-order valence-electron chi connectivity index (χ2n) is 10.8. The highest BCUT2D eigenvalue weighted by Gasteiger charge is 2.24. The van der Waals surface area contributed by atoms with E-state index in [1.165, 1.54) is 18.8 Å². The van der Waals surface area contributed by atoms with Crippen LogP contribution in [0.1, 0.15) is 48.5 Å². The first kappa shape index (κ1) is 27.5. The van der Waals surface area contributed by atoms with Gasteiger partial charge in [-0.05, 0) is 55.4 Å². The van der Waals surface area contributed by atoms with Gasteiger partial charge in [-0.1, -0.05) is 19.1 Å². The number of benzene rings is 2. The largest absolute Gasteiger partial charge is 0.493 e. The minimum Gasteiger partial charge on any atom is -0.493 e. The van der Waals surface area contributed by atoms with Gasteiger partial charge in [0.1, 0.15) is 6.54 Å². The third-order valence-corrected chi connectivity index (χ3v) is 7.97. The van der Waals surface area contributed by atoms with E-state index >= 15 is 0 Å². The number of likely N-dealkylation sites (tertiary alicyclic amines) is 2. The van der Waals surface area contributed by atoms with E-state index in [-0.39, 0.29) is 30.3 Å². The van der Waals surface area contributed by atoms with Crippen LogP contribution >= 0.6 is 0 Å². The Labute approximate surface area is 232 Å². The highest BCUT2D eigenvalue weighted by molar-refractivity contribution is 5.94. The summed E-state index contributed by atoms with van der Waals surface area (Å²) in [5, 5.41) is 0.248. The second-order valence-corrected chi connectivity index (χ2v) is 10.8. The van der Waals surface area contributed by atoms with Gasteiger partial charge in [-0.15, -0.1) is 0 Å². The van der Waals surface area contributed by atoms with E-state index in [0.717, 1.165) is 43.3 Å². The Bertz CT molecular complexity index is 1540. The number of aromatic nitrogens is 2. The topological polar surface area (TPSA) is 103 Å². The van der Waals surface area contributed by atoms with Crippen LogP contribution in [0.15, 0.2) is 46.0 Å². The van der Waals surface area contributed by atoms with Crippen molar-refractivity contribution in [2.75, 3.05) is 40.4 Å².